The second-order valence-corrected chi connectivity index (χ2v) is 14.4. The summed E-state index contributed by atoms with van der Waals surface area (Å²) in [5.74, 6) is 3.47. The monoisotopic (exact) mass is 956 g/mol. The SMILES string of the molecule is C.C.O=C(Nc1cncc(Cc2ccccc2)n1)C1(c2ccc3c(c2)OCO3)CC1.O=C(Nc1cncc(Cl)n1)C1(c2ccc3c(c2)OCO3)CC1.[CH2-]c1ccccc1.[Zn+][Br]. The first-order valence-electron chi connectivity index (χ1n) is 18.7. The molecule has 2 fully saturated rings. The van der Waals surface area contributed by atoms with E-state index in [1.54, 1.807) is 12.4 Å². The fourth-order valence-electron chi connectivity index (χ4n) is 6.64. The maximum absolute atomic E-state index is 13.0. The van der Waals surface area contributed by atoms with E-state index in [2.05, 4.69) is 51.1 Å². The molecule has 4 aliphatic rings. The summed E-state index contributed by atoms with van der Waals surface area (Å²) >= 11 is 10.0. The third kappa shape index (κ3) is 11.4. The zero-order chi connectivity index (χ0) is 41.2. The Morgan fingerprint density at radius 1 is 0.639 bits per heavy atom. The maximum atomic E-state index is 13.0. The number of amides is 2. The van der Waals surface area contributed by atoms with E-state index < -0.39 is 10.8 Å². The fourth-order valence-corrected chi connectivity index (χ4v) is 6.79. The summed E-state index contributed by atoms with van der Waals surface area (Å²) < 4.78 is 21.5. The van der Waals surface area contributed by atoms with E-state index >= 15 is 0 Å². The number of benzene rings is 4. The molecule has 15 heteroatoms. The standard InChI is InChI=1S/C22H19N3O3.C15H12ClN3O3.C7H7.2CH4.BrH.Zn/c26-21(22(8-9-22)16-6-7-18-19(11-16)28-14-27-18)25-20-13-23-12-17(24-20)10-15-4-2-1-3-5-15;16-12-6-17-7-13(18-12)19-14(20)15(3-4-15)9-1-2-10-11(5-9)22-8-21-10;1-7-5-3-2-4-6-7;;;;/h1-7,11-13H,8-10,14H2,(H,24,25,26);1-2,5-7H,3-4,8H2,(H,18,19,20);2-6H,1H2;2*1H4;1H;/q;;-1;;;;+2/p-1. The van der Waals surface area contributed by atoms with Gasteiger partial charge in [0.05, 0.1) is 35.1 Å². The van der Waals surface area contributed by atoms with Crippen molar-refractivity contribution in [1.29, 1.82) is 0 Å². The number of hydrogen-bond donors (Lipinski definition) is 2. The van der Waals surface area contributed by atoms with Crippen LogP contribution in [0.1, 0.15) is 68.5 Å². The molecule has 2 aromatic heterocycles. The van der Waals surface area contributed by atoms with Gasteiger partial charge in [0.15, 0.2) is 34.6 Å². The fraction of sp³-hybridized carbons (Fsp3) is 0.239. The van der Waals surface area contributed by atoms with Gasteiger partial charge in [-0.3, -0.25) is 19.6 Å². The summed E-state index contributed by atoms with van der Waals surface area (Å²) in [6, 6.07) is 31.3. The Morgan fingerprint density at radius 3 is 1.56 bits per heavy atom. The number of carbonyl (C=O) groups excluding carboxylic acids is 2. The van der Waals surface area contributed by atoms with Gasteiger partial charge in [0.25, 0.3) is 0 Å². The van der Waals surface area contributed by atoms with Gasteiger partial charge in [-0.1, -0.05) is 75.0 Å². The molecule has 0 atom stereocenters. The molecular weight excluding hydrogens is 913 g/mol. The Balaban J connectivity index is 0.000000190. The van der Waals surface area contributed by atoms with Crippen molar-refractivity contribution in [3.05, 3.63) is 162 Å². The van der Waals surface area contributed by atoms with Crippen LogP contribution in [0.4, 0.5) is 11.6 Å². The van der Waals surface area contributed by atoms with Gasteiger partial charge in [-0.05, 0) is 66.6 Å². The first-order chi connectivity index (χ1) is 28.8. The van der Waals surface area contributed by atoms with Gasteiger partial charge in [-0.25, -0.2) is 9.97 Å². The number of aromatic nitrogens is 4. The predicted molar refractivity (Wildman–Crippen MR) is 236 cm³/mol. The molecule has 4 aromatic carbocycles. The number of ether oxygens (including phenoxy) is 4. The first kappa shape index (κ1) is 46.5. The van der Waals surface area contributed by atoms with E-state index in [1.165, 1.54) is 28.7 Å². The van der Waals surface area contributed by atoms with E-state index in [4.69, 9.17) is 30.5 Å². The molecule has 0 saturated heterocycles. The number of hydrogen-bond acceptors (Lipinski definition) is 10. The zero-order valence-electron chi connectivity index (χ0n) is 31.9. The number of anilines is 2. The number of fused-ring (bicyclic) bond motifs is 2. The molecule has 0 radical (unpaired) electrons. The molecule has 2 aliphatic heterocycles. The molecule has 2 N–H and O–H groups in total. The average Bonchev–Trinajstić information content (AvgIpc) is 4.16. The molecule has 12 nitrogen and oxygen atoms in total. The van der Waals surface area contributed by atoms with Crippen LogP contribution >= 0.6 is 25.2 Å². The van der Waals surface area contributed by atoms with Gasteiger partial charge in [-0.15, -0.1) is 12.1 Å². The summed E-state index contributed by atoms with van der Waals surface area (Å²) in [6.07, 6.45) is 10.0. The van der Waals surface area contributed by atoms with E-state index in [0.717, 1.165) is 59.4 Å². The van der Waals surface area contributed by atoms with Crippen LogP contribution in [0.2, 0.25) is 5.15 Å². The van der Waals surface area contributed by atoms with Crippen LogP contribution in [0.25, 0.3) is 0 Å². The van der Waals surface area contributed by atoms with Gasteiger partial charge in [0.1, 0.15) is 5.15 Å². The number of halogens is 2. The van der Waals surface area contributed by atoms with Crippen LogP contribution in [0.15, 0.2) is 122 Å². The molecule has 2 saturated carbocycles. The summed E-state index contributed by atoms with van der Waals surface area (Å²) in [6.45, 7) is 4.16. The Kier molecular flexibility index (Phi) is 16.2. The number of nitrogens with one attached hydrogen (secondary N) is 2. The normalized spacial score (nSPS) is 14.6. The van der Waals surface area contributed by atoms with Crippen LogP contribution in [0.5, 0.6) is 23.0 Å². The van der Waals surface area contributed by atoms with Crippen molar-refractivity contribution in [1.82, 2.24) is 19.9 Å². The van der Waals surface area contributed by atoms with E-state index in [0.29, 0.717) is 35.3 Å². The molecule has 6 aromatic rings. The topological polar surface area (TPSA) is 147 Å². The molecule has 61 heavy (non-hydrogen) atoms. The van der Waals surface area contributed by atoms with E-state index in [-0.39, 0.29) is 45.4 Å². The Labute approximate surface area is 378 Å². The number of nitrogens with zero attached hydrogens (tertiary/aromatic N) is 4. The van der Waals surface area contributed by atoms with Crippen molar-refractivity contribution < 1.29 is 44.9 Å². The van der Waals surface area contributed by atoms with Gasteiger partial charge in [0, 0.05) is 12.6 Å². The summed E-state index contributed by atoms with van der Waals surface area (Å²) in [7, 11) is 0. The first-order valence-corrected chi connectivity index (χ1v) is 26.0. The van der Waals surface area contributed by atoms with Crippen LogP contribution in [-0.2, 0) is 43.2 Å². The van der Waals surface area contributed by atoms with Gasteiger partial charge in [0.2, 0.25) is 25.4 Å². The van der Waals surface area contributed by atoms with Crippen LogP contribution in [-0.4, -0.2) is 45.3 Å². The second-order valence-electron chi connectivity index (χ2n) is 14.0. The number of carbonyl (C=O) groups is 2. The summed E-state index contributed by atoms with van der Waals surface area (Å²) in [5.41, 5.74) is 3.84. The van der Waals surface area contributed by atoms with Crippen molar-refractivity contribution in [3.63, 3.8) is 0 Å². The predicted octanol–water partition coefficient (Wildman–Crippen LogP) is 9.98. The molecule has 312 valence electrons. The summed E-state index contributed by atoms with van der Waals surface area (Å²) in [5, 5.41) is 5.98. The molecule has 0 unspecified atom stereocenters. The van der Waals surface area contributed by atoms with Gasteiger partial charge < -0.3 is 29.6 Å². The Hall–Kier alpha value is -5.56. The van der Waals surface area contributed by atoms with Crippen molar-refractivity contribution in [2.24, 2.45) is 0 Å². The van der Waals surface area contributed by atoms with E-state index in [9.17, 15) is 9.59 Å². The van der Waals surface area contributed by atoms with Crippen LogP contribution < -0.4 is 29.6 Å². The molecule has 0 spiro atoms. The Morgan fingerprint density at radius 2 is 1.10 bits per heavy atom. The molecule has 2 amide bonds. The van der Waals surface area contributed by atoms with Crippen molar-refractivity contribution in [3.8, 4) is 23.0 Å². The van der Waals surface area contributed by atoms with Crippen molar-refractivity contribution >= 4 is 48.7 Å². The minimum atomic E-state index is -0.537. The minimum absolute atomic E-state index is 0. The zero-order valence-corrected chi connectivity index (χ0v) is 37.2. The second kappa shape index (κ2) is 21.3. The Bertz CT molecular complexity index is 2410. The van der Waals surface area contributed by atoms with Crippen molar-refractivity contribution in [2.75, 3.05) is 24.2 Å². The van der Waals surface area contributed by atoms with Crippen molar-refractivity contribution in [2.45, 2.75) is 57.8 Å². The third-order valence-corrected chi connectivity index (χ3v) is 10.2. The molecule has 2 aliphatic carbocycles. The summed E-state index contributed by atoms with van der Waals surface area (Å²) in [4.78, 5) is 42.4. The number of rotatable bonds is 8. The molecule has 4 heterocycles. The third-order valence-electron chi connectivity index (χ3n) is 10.1. The molecule has 10 rings (SSSR count). The van der Waals surface area contributed by atoms with Gasteiger partial charge >= 0.3 is 30.0 Å². The average molecular weight is 960 g/mol. The quantitative estimate of drug-likeness (QED) is 0.112. The molecular formula is C46H46BrClN6O6Zn. The van der Waals surface area contributed by atoms with Gasteiger partial charge in [-0.2, -0.15) is 24.6 Å². The van der Waals surface area contributed by atoms with Crippen LogP contribution in [0, 0.1) is 6.92 Å². The molecule has 0 bridgehead atoms. The van der Waals surface area contributed by atoms with E-state index in [1.807, 2.05) is 97.1 Å². The van der Waals surface area contributed by atoms with Crippen LogP contribution in [0.3, 0.4) is 0 Å².